The molecule has 0 atom stereocenters. The van der Waals surface area contributed by atoms with Crippen molar-refractivity contribution >= 4 is 5.91 Å². The summed E-state index contributed by atoms with van der Waals surface area (Å²) in [7, 11) is 0. The van der Waals surface area contributed by atoms with Gasteiger partial charge in [0.25, 0.3) is 5.91 Å². The quantitative estimate of drug-likeness (QED) is 0.820. The monoisotopic (exact) mass is 283 g/mol. The Morgan fingerprint density at radius 2 is 1.71 bits per heavy atom. The molecule has 3 rings (SSSR count). The fourth-order valence-electron chi connectivity index (χ4n) is 2.95. The molecule has 0 radical (unpaired) electrons. The fourth-order valence-corrected chi connectivity index (χ4v) is 2.95. The summed E-state index contributed by atoms with van der Waals surface area (Å²) in [4.78, 5) is 14.2. The second-order valence-corrected chi connectivity index (χ2v) is 5.49. The Labute approximate surface area is 124 Å². The van der Waals surface area contributed by atoms with Crippen molar-refractivity contribution in [2.75, 3.05) is 13.1 Å². The standard InChI is InChI=1S/C18H18FNO/c19-17-8-4-7-16(13-17)18(21)20-11-9-15(10-12-20)14-5-2-1-3-6-14/h1-8,13,15H,9-12H2. The molecule has 0 aromatic heterocycles. The van der Waals surface area contributed by atoms with E-state index in [4.69, 9.17) is 0 Å². The van der Waals surface area contributed by atoms with Crippen LogP contribution in [-0.4, -0.2) is 23.9 Å². The van der Waals surface area contributed by atoms with Crippen molar-refractivity contribution in [1.29, 1.82) is 0 Å². The Morgan fingerprint density at radius 1 is 1.00 bits per heavy atom. The van der Waals surface area contributed by atoms with E-state index in [0.717, 1.165) is 25.9 Å². The SMILES string of the molecule is O=C(c1cccc(F)c1)N1CCC(c2ccccc2)CC1. The Hall–Kier alpha value is -2.16. The molecule has 0 aliphatic carbocycles. The van der Waals surface area contributed by atoms with Crippen molar-refractivity contribution in [3.63, 3.8) is 0 Å². The lowest BCUT2D eigenvalue weighted by atomic mass is 9.89. The van der Waals surface area contributed by atoms with Gasteiger partial charge in [0.05, 0.1) is 0 Å². The van der Waals surface area contributed by atoms with Gasteiger partial charge in [0.1, 0.15) is 5.82 Å². The highest BCUT2D eigenvalue weighted by Crippen LogP contribution is 2.28. The average molecular weight is 283 g/mol. The van der Waals surface area contributed by atoms with E-state index in [2.05, 4.69) is 24.3 Å². The first kappa shape index (κ1) is 13.8. The van der Waals surface area contributed by atoms with Gasteiger partial charge < -0.3 is 4.90 Å². The summed E-state index contributed by atoms with van der Waals surface area (Å²) in [5, 5.41) is 0. The lowest BCUT2D eigenvalue weighted by Crippen LogP contribution is -2.37. The van der Waals surface area contributed by atoms with E-state index in [1.54, 1.807) is 12.1 Å². The third-order valence-electron chi connectivity index (χ3n) is 4.12. The van der Waals surface area contributed by atoms with Gasteiger partial charge in [0.2, 0.25) is 0 Å². The zero-order chi connectivity index (χ0) is 14.7. The fraction of sp³-hybridized carbons (Fsp3) is 0.278. The van der Waals surface area contributed by atoms with Crippen molar-refractivity contribution < 1.29 is 9.18 Å². The predicted octanol–water partition coefficient (Wildman–Crippen LogP) is 3.85. The maximum atomic E-state index is 13.2. The summed E-state index contributed by atoms with van der Waals surface area (Å²) >= 11 is 0. The smallest absolute Gasteiger partial charge is 0.253 e. The topological polar surface area (TPSA) is 20.3 Å². The summed E-state index contributed by atoms with van der Waals surface area (Å²) in [6.45, 7) is 1.46. The number of benzene rings is 2. The maximum absolute atomic E-state index is 13.2. The van der Waals surface area contributed by atoms with Crippen LogP contribution in [0, 0.1) is 5.82 Å². The molecule has 2 nitrogen and oxygen atoms in total. The first-order valence-corrected chi connectivity index (χ1v) is 7.34. The summed E-state index contributed by atoms with van der Waals surface area (Å²) in [5.41, 5.74) is 1.78. The normalized spacial score (nSPS) is 16.0. The van der Waals surface area contributed by atoms with Crippen LogP contribution < -0.4 is 0 Å². The highest BCUT2D eigenvalue weighted by Gasteiger charge is 2.24. The van der Waals surface area contributed by atoms with Crippen LogP contribution in [0.15, 0.2) is 54.6 Å². The van der Waals surface area contributed by atoms with Crippen LogP contribution in [0.4, 0.5) is 4.39 Å². The molecule has 3 heteroatoms. The molecular formula is C18H18FNO. The number of piperidine rings is 1. The van der Waals surface area contributed by atoms with Crippen LogP contribution in [-0.2, 0) is 0 Å². The molecule has 1 heterocycles. The van der Waals surface area contributed by atoms with E-state index in [1.807, 2.05) is 11.0 Å². The number of carbonyl (C=O) groups excluding carboxylic acids is 1. The van der Waals surface area contributed by atoms with Crippen LogP contribution in [0.1, 0.15) is 34.7 Å². The molecule has 0 saturated carbocycles. The van der Waals surface area contributed by atoms with Crippen molar-refractivity contribution in [2.24, 2.45) is 0 Å². The molecule has 1 amide bonds. The average Bonchev–Trinajstić information content (AvgIpc) is 2.55. The number of hydrogen-bond donors (Lipinski definition) is 0. The van der Waals surface area contributed by atoms with Gasteiger partial charge in [0, 0.05) is 18.7 Å². The number of hydrogen-bond acceptors (Lipinski definition) is 1. The number of carbonyl (C=O) groups is 1. The van der Waals surface area contributed by atoms with Crippen LogP contribution in [0.5, 0.6) is 0 Å². The van der Waals surface area contributed by atoms with E-state index in [9.17, 15) is 9.18 Å². The van der Waals surface area contributed by atoms with Crippen LogP contribution in [0.25, 0.3) is 0 Å². The van der Waals surface area contributed by atoms with Crippen molar-refractivity contribution in [3.05, 3.63) is 71.5 Å². The number of amides is 1. The molecule has 1 fully saturated rings. The van der Waals surface area contributed by atoms with Crippen molar-refractivity contribution in [1.82, 2.24) is 4.90 Å². The number of likely N-dealkylation sites (tertiary alicyclic amines) is 1. The maximum Gasteiger partial charge on any atom is 0.253 e. The number of halogens is 1. The highest BCUT2D eigenvalue weighted by atomic mass is 19.1. The molecule has 1 saturated heterocycles. The largest absolute Gasteiger partial charge is 0.339 e. The molecule has 2 aromatic carbocycles. The second kappa shape index (κ2) is 6.08. The van der Waals surface area contributed by atoms with Gasteiger partial charge in [-0.15, -0.1) is 0 Å². The minimum Gasteiger partial charge on any atom is -0.339 e. The lowest BCUT2D eigenvalue weighted by Gasteiger charge is -2.32. The summed E-state index contributed by atoms with van der Waals surface area (Å²) < 4.78 is 13.2. The second-order valence-electron chi connectivity index (χ2n) is 5.49. The third-order valence-corrected chi connectivity index (χ3v) is 4.12. The third kappa shape index (κ3) is 3.13. The number of rotatable bonds is 2. The molecule has 108 valence electrons. The minimum absolute atomic E-state index is 0.0685. The van der Waals surface area contributed by atoms with Crippen molar-refractivity contribution in [2.45, 2.75) is 18.8 Å². The summed E-state index contributed by atoms with van der Waals surface area (Å²) in [6, 6.07) is 16.4. The molecule has 2 aromatic rings. The van der Waals surface area contributed by atoms with Gasteiger partial charge in [-0.1, -0.05) is 36.4 Å². The zero-order valence-corrected chi connectivity index (χ0v) is 11.8. The van der Waals surface area contributed by atoms with Crippen LogP contribution in [0.3, 0.4) is 0 Å². The Balaban J connectivity index is 1.64. The Kier molecular flexibility index (Phi) is 4.00. The van der Waals surface area contributed by atoms with E-state index in [1.165, 1.54) is 17.7 Å². The molecule has 1 aliphatic heterocycles. The van der Waals surface area contributed by atoms with Gasteiger partial charge in [0.15, 0.2) is 0 Å². The van der Waals surface area contributed by atoms with Gasteiger partial charge in [-0.2, -0.15) is 0 Å². The lowest BCUT2D eigenvalue weighted by molar-refractivity contribution is 0.0712. The van der Waals surface area contributed by atoms with E-state index in [0.29, 0.717) is 11.5 Å². The highest BCUT2D eigenvalue weighted by molar-refractivity contribution is 5.94. The Morgan fingerprint density at radius 3 is 2.38 bits per heavy atom. The molecule has 21 heavy (non-hydrogen) atoms. The first-order valence-electron chi connectivity index (χ1n) is 7.34. The Bertz CT molecular complexity index is 618. The van der Waals surface area contributed by atoms with E-state index < -0.39 is 0 Å². The predicted molar refractivity (Wildman–Crippen MR) is 80.7 cm³/mol. The van der Waals surface area contributed by atoms with Gasteiger partial charge in [-0.3, -0.25) is 4.79 Å². The van der Waals surface area contributed by atoms with Crippen LogP contribution in [0.2, 0.25) is 0 Å². The van der Waals surface area contributed by atoms with E-state index >= 15 is 0 Å². The number of nitrogens with zero attached hydrogens (tertiary/aromatic N) is 1. The van der Waals surface area contributed by atoms with Gasteiger partial charge in [-0.05, 0) is 42.5 Å². The minimum atomic E-state index is -0.361. The molecule has 1 aliphatic rings. The molecule has 0 unspecified atom stereocenters. The zero-order valence-electron chi connectivity index (χ0n) is 11.8. The van der Waals surface area contributed by atoms with E-state index in [-0.39, 0.29) is 11.7 Å². The molecule has 0 bridgehead atoms. The van der Waals surface area contributed by atoms with Crippen molar-refractivity contribution in [3.8, 4) is 0 Å². The van der Waals surface area contributed by atoms with Crippen LogP contribution >= 0.6 is 0 Å². The van der Waals surface area contributed by atoms with Gasteiger partial charge >= 0.3 is 0 Å². The first-order chi connectivity index (χ1) is 10.2. The summed E-state index contributed by atoms with van der Waals surface area (Å²) in [5.74, 6) is 0.0868. The van der Waals surface area contributed by atoms with Gasteiger partial charge in [-0.25, -0.2) is 4.39 Å². The molecule has 0 N–H and O–H groups in total. The molecule has 0 spiro atoms. The summed E-state index contributed by atoms with van der Waals surface area (Å²) in [6.07, 6.45) is 1.93. The molecular weight excluding hydrogens is 265 g/mol.